The van der Waals surface area contributed by atoms with Crippen molar-refractivity contribution in [1.29, 1.82) is 0 Å². The van der Waals surface area contributed by atoms with Gasteiger partial charge < -0.3 is 10.2 Å². The van der Waals surface area contributed by atoms with E-state index in [0.717, 1.165) is 19.4 Å². The Balaban J connectivity index is 1.68. The zero-order chi connectivity index (χ0) is 16.2. The number of H-pyrrole nitrogens is 1. The Bertz CT molecular complexity index is 711. The molecular weight excluding hydrogens is 294 g/mol. The van der Waals surface area contributed by atoms with Crippen molar-refractivity contribution >= 4 is 22.8 Å². The SMILES string of the molecule is CCCN1CCC(NC(=O)c2cccc3n[nH]nc23)CCC1=O. The van der Waals surface area contributed by atoms with E-state index in [4.69, 9.17) is 0 Å². The summed E-state index contributed by atoms with van der Waals surface area (Å²) in [5.74, 6) is 0.0214. The maximum absolute atomic E-state index is 12.5. The van der Waals surface area contributed by atoms with Crippen LogP contribution in [0.5, 0.6) is 0 Å². The maximum atomic E-state index is 12.5. The first-order valence-corrected chi connectivity index (χ1v) is 8.07. The van der Waals surface area contributed by atoms with Gasteiger partial charge in [-0.05, 0) is 31.4 Å². The first kappa shape index (κ1) is 15.5. The number of aromatic nitrogens is 3. The third-order valence-electron chi connectivity index (χ3n) is 4.23. The minimum atomic E-state index is -0.161. The van der Waals surface area contributed by atoms with Crippen LogP contribution in [-0.2, 0) is 4.79 Å². The number of likely N-dealkylation sites (tertiary alicyclic amines) is 1. The van der Waals surface area contributed by atoms with Crippen LogP contribution in [0.3, 0.4) is 0 Å². The Morgan fingerprint density at radius 1 is 1.39 bits per heavy atom. The molecule has 0 bridgehead atoms. The van der Waals surface area contributed by atoms with Gasteiger partial charge in [0.1, 0.15) is 11.0 Å². The van der Waals surface area contributed by atoms with E-state index in [0.29, 0.717) is 36.0 Å². The van der Waals surface area contributed by atoms with Gasteiger partial charge in [0.25, 0.3) is 5.91 Å². The van der Waals surface area contributed by atoms with E-state index in [1.807, 2.05) is 11.0 Å². The van der Waals surface area contributed by atoms with Gasteiger partial charge in [0, 0.05) is 25.6 Å². The molecule has 1 aromatic heterocycles. The molecule has 1 aromatic carbocycles. The van der Waals surface area contributed by atoms with Gasteiger partial charge >= 0.3 is 0 Å². The molecule has 23 heavy (non-hydrogen) atoms. The Hall–Kier alpha value is -2.44. The number of carbonyl (C=O) groups is 2. The summed E-state index contributed by atoms with van der Waals surface area (Å²) >= 11 is 0. The zero-order valence-electron chi connectivity index (χ0n) is 13.2. The summed E-state index contributed by atoms with van der Waals surface area (Å²) < 4.78 is 0. The smallest absolute Gasteiger partial charge is 0.253 e. The molecule has 1 atom stereocenters. The highest BCUT2D eigenvalue weighted by Gasteiger charge is 2.24. The molecule has 122 valence electrons. The van der Waals surface area contributed by atoms with Gasteiger partial charge in [0.2, 0.25) is 5.91 Å². The van der Waals surface area contributed by atoms with Crippen LogP contribution in [0.2, 0.25) is 0 Å². The largest absolute Gasteiger partial charge is 0.349 e. The van der Waals surface area contributed by atoms with Gasteiger partial charge in [-0.1, -0.05) is 13.0 Å². The second-order valence-electron chi connectivity index (χ2n) is 5.88. The van der Waals surface area contributed by atoms with E-state index < -0.39 is 0 Å². The molecule has 0 radical (unpaired) electrons. The number of carbonyl (C=O) groups excluding carboxylic acids is 2. The fraction of sp³-hybridized carbons (Fsp3) is 0.500. The molecule has 2 N–H and O–H groups in total. The third kappa shape index (κ3) is 3.33. The number of hydrogen-bond acceptors (Lipinski definition) is 4. The van der Waals surface area contributed by atoms with Crippen molar-refractivity contribution in [2.45, 2.75) is 38.6 Å². The molecular formula is C16H21N5O2. The van der Waals surface area contributed by atoms with Gasteiger partial charge in [0.05, 0.1) is 5.56 Å². The van der Waals surface area contributed by atoms with E-state index in [2.05, 4.69) is 27.7 Å². The van der Waals surface area contributed by atoms with Crippen molar-refractivity contribution in [3.05, 3.63) is 23.8 Å². The van der Waals surface area contributed by atoms with E-state index in [1.54, 1.807) is 12.1 Å². The standard InChI is InChI=1S/C16H21N5O2/c1-2-9-21-10-8-11(6-7-14(21)22)17-16(23)12-4-3-5-13-15(12)19-20-18-13/h3-5,11H,2,6-10H2,1H3,(H,17,23)(H,18,19,20). The van der Waals surface area contributed by atoms with Crippen LogP contribution in [0.4, 0.5) is 0 Å². The number of nitrogens with one attached hydrogen (secondary N) is 2. The van der Waals surface area contributed by atoms with Crippen LogP contribution in [0, 0.1) is 0 Å². The molecule has 1 fully saturated rings. The van der Waals surface area contributed by atoms with E-state index in [1.165, 1.54) is 0 Å². The van der Waals surface area contributed by atoms with Gasteiger partial charge in [-0.15, -0.1) is 0 Å². The number of fused-ring (bicyclic) bond motifs is 1. The number of nitrogens with zero attached hydrogens (tertiary/aromatic N) is 3. The van der Waals surface area contributed by atoms with Gasteiger partial charge in [0.15, 0.2) is 0 Å². The molecule has 0 spiro atoms. The molecule has 1 unspecified atom stereocenters. The van der Waals surface area contributed by atoms with Gasteiger partial charge in [-0.3, -0.25) is 9.59 Å². The van der Waals surface area contributed by atoms with Crippen LogP contribution in [-0.4, -0.2) is 51.3 Å². The second-order valence-corrected chi connectivity index (χ2v) is 5.88. The number of rotatable bonds is 4. The summed E-state index contributed by atoms with van der Waals surface area (Å²) in [6.07, 6.45) is 2.90. The summed E-state index contributed by atoms with van der Waals surface area (Å²) in [6.45, 7) is 3.56. The molecule has 7 heteroatoms. The molecule has 1 saturated heterocycles. The van der Waals surface area contributed by atoms with E-state index >= 15 is 0 Å². The lowest BCUT2D eigenvalue weighted by atomic mass is 10.1. The molecule has 2 amide bonds. The second kappa shape index (κ2) is 6.76. The lowest BCUT2D eigenvalue weighted by Crippen LogP contribution is -2.36. The van der Waals surface area contributed by atoms with Crippen molar-refractivity contribution in [3.63, 3.8) is 0 Å². The van der Waals surface area contributed by atoms with Gasteiger partial charge in [-0.25, -0.2) is 0 Å². The molecule has 0 aliphatic carbocycles. The average molecular weight is 315 g/mol. The lowest BCUT2D eigenvalue weighted by Gasteiger charge is -2.20. The molecule has 1 aliphatic heterocycles. The van der Waals surface area contributed by atoms with Crippen molar-refractivity contribution in [1.82, 2.24) is 25.6 Å². The number of aromatic amines is 1. The summed E-state index contributed by atoms with van der Waals surface area (Å²) in [5.41, 5.74) is 1.75. The zero-order valence-corrected chi connectivity index (χ0v) is 13.2. The Morgan fingerprint density at radius 3 is 3.09 bits per heavy atom. The molecule has 7 nitrogen and oxygen atoms in total. The highest BCUT2D eigenvalue weighted by Crippen LogP contribution is 2.16. The summed E-state index contributed by atoms with van der Waals surface area (Å²) in [6, 6.07) is 5.35. The van der Waals surface area contributed by atoms with Crippen molar-refractivity contribution in [3.8, 4) is 0 Å². The minimum Gasteiger partial charge on any atom is -0.349 e. The molecule has 2 heterocycles. The predicted octanol–water partition coefficient (Wildman–Crippen LogP) is 1.48. The Kier molecular flexibility index (Phi) is 4.55. The van der Waals surface area contributed by atoms with Crippen LogP contribution in [0.1, 0.15) is 43.0 Å². The van der Waals surface area contributed by atoms with Crippen molar-refractivity contribution in [2.24, 2.45) is 0 Å². The Morgan fingerprint density at radius 2 is 2.26 bits per heavy atom. The first-order valence-electron chi connectivity index (χ1n) is 8.07. The first-order chi connectivity index (χ1) is 11.2. The normalized spacial score (nSPS) is 18.9. The van der Waals surface area contributed by atoms with Crippen molar-refractivity contribution < 1.29 is 9.59 Å². The summed E-state index contributed by atoms with van der Waals surface area (Å²) in [7, 11) is 0. The van der Waals surface area contributed by atoms with Crippen LogP contribution in [0.15, 0.2) is 18.2 Å². The molecule has 2 aromatic rings. The van der Waals surface area contributed by atoms with Crippen LogP contribution in [0.25, 0.3) is 11.0 Å². The lowest BCUT2D eigenvalue weighted by molar-refractivity contribution is -0.130. The number of hydrogen-bond donors (Lipinski definition) is 2. The Labute approximate surface area is 134 Å². The summed E-state index contributed by atoms with van der Waals surface area (Å²) in [5, 5.41) is 13.6. The monoisotopic (exact) mass is 315 g/mol. The minimum absolute atomic E-state index is 0.00969. The predicted molar refractivity (Wildman–Crippen MR) is 85.9 cm³/mol. The molecule has 3 rings (SSSR count). The number of amides is 2. The quantitative estimate of drug-likeness (QED) is 0.894. The van der Waals surface area contributed by atoms with Crippen LogP contribution >= 0.6 is 0 Å². The summed E-state index contributed by atoms with van der Waals surface area (Å²) in [4.78, 5) is 26.5. The highest BCUT2D eigenvalue weighted by atomic mass is 16.2. The fourth-order valence-corrected chi connectivity index (χ4v) is 3.00. The van der Waals surface area contributed by atoms with E-state index in [-0.39, 0.29) is 17.9 Å². The molecule has 0 saturated carbocycles. The third-order valence-corrected chi connectivity index (χ3v) is 4.23. The average Bonchev–Trinajstić information content (AvgIpc) is 2.97. The number of benzene rings is 1. The number of para-hydroxylation sites is 1. The molecule has 1 aliphatic rings. The topological polar surface area (TPSA) is 91.0 Å². The fourth-order valence-electron chi connectivity index (χ4n) is 3.00. The van der Waals surface area contributed by atoms with Crippen molar-refractivity contribution in [2.75, 3.05) is 13.1 Å². The van der Waals surface area contributed by atoms with E-state index in [9.17, 15) is 9.59 Å². The van der Waals surface area contributed by atoms with Gasteiger partial charge in [-0.2, -0.15) is 15.4 Å². The maximum Gasteiger partial charge on any atom is 0.253 e. The highest BCUT2D eigenvalue weighted by molar-refractivity contribution is 6.04. The van der Waals surface area contributed by atoms with Crippen LogP contribution < -0.4 is 5.32 Å².